The van der Waals surface area contributed by atoms with E-state index in [1.807, 2.05) is 9.80 Å². The Balaban J connectivity index is 1.44. The lowest BCUT2D eigenvalue weighted by Gasteiger charge is -2.35. The van der Waals surface area contributed by atoms with Gasteiger partial charge >= 0.3 is 0 Å². The normalized spacial score (nSPS) is 18.7. The summed E-state index contributed by atoms with van der Waals surface area (Å²) < 4.78 is 0. The highest BCUT2D eigenvalue weighted by Gasteiger charge is 2.23. The van der Waals surface area contributed by atoms with Crippen LogP contribution in [0, 0.1) is 0 Å². The smallest absolute Gasteiger partial charge is 0.223 e. The van der Waals surface area contributed by atoms with Crippen LogP contribution in [0.4, 0.5) is 0 Å². The maximum absolute atomic E-state index is 12.4. The first-order valence-corrected chi connectivity index (χ1v) is 8.46. The molecule has 0 aliphatic carbocycles. The van der Waals surface area contributed by atoms with Crippen LogP contribution < -0.4 is 0 Å². The number of nitrogens with zero attached hydrogens (tertiary/aromatic N) is 3. The molecule has 1 aromatic rings. The molecule has 0 unspecified atom stereocenters. The minimum Gasteiger partial charge on any atom is -0.339 e. The van der Waals surface area contributed by atoms with E-state index in [1.54, 1.807) is 6.92 Å². The third kappa shape index (κ3) is 3.91. The van der Waals surface area contributed by atoms with Crippen molar-refractivity contribution < 1.29 is 9.59 Å². The molecule has 2 amide bonds. The van der Waals surface area contributed by atoms with Gasteiger partial charge in [-0.3, -0.25) is 14.5 Å². The van der Waals surface area contributed by atoms with Gasteiger partial charge in [0.05, 0.1) is 0 Å². The van der Waals surface area contributed by atoms with Crippen LogP contribution in [0.5, 0.6) is 0 Å². The molecule has 1 fully saturated rings. The van der Waals surface area contributed by atoms with Crippen molar-refractivity contribution in [2.45, 2.75) is 26.3 Å². The number of hydrogen-bond donors (Lipinski definition) is 0. The lowest BCUT2D eigenvalue weighted by Crippen LogP contribution is -2.50. The molecule has 0 spiro atoms. The Morgan fingerprint density at radius 1 is 0.957 bits per heavy atom. The number of fused-ring (bicyclic) bond motifs is 1. The maximum atomic E-state index is 12.4. The molecule has 23 heavy (non-hydrogen) atoms. The fourth-order valence-electron chi connectivity index (χ4n) is 3.43. The zero-order chi connectivity index (χ0) is 16.2. The van der Waals surface area contributed by atoms with Crippen LogP contribution >= 0.6 is 0 Å². The second-order valence-corrected chi connectivity index (χ2v) is 6.43. The number of carbonyl (C=O) groups excluding carboxylic acids is 2. The van der Waals surface area contributed by atoms with Gasteiger partial charge in [-0.25, -0.2) is 0 Å². The van der Waals surface area contributed by atoms with E-state index in [4.69, 9.17) is 0 Å². The Kier molecular flexibility index (Phi) is 4.96. The van der Waals surface area contributed by atoms with Crippen LogP contribution in [0.3, 0.4) is 0 Å². The molecule has 2 aliphatic rings. The summed E-state index contributed by atoms with van der Waals surface area (Å²) in [6.45, 7) is 7.05. The topological polar surface area (TPSA) is 43.9 Å². The summed E-state index contributed by atoms with van der Waals surface area (Å²) in [5.74, 6) is 0.316. The van der Waals surface area contributed by atoms with Gasteiger partial charge in [-0.05, 0) is 17.5 Å². The molecule has 1 aromatic carbocycles. The van der Waals surface area contributed by atoms with Gasteiger partial charge in [0.25, 0.3) is 0 Å². The second-order valence-electron chi connectivity index (χ2n) is 6.43. The van der Waals surface area contributed by atoms with Gasteiger partial charge in [-0.2, -0.15) is 0 Å². The molecular weight excluding hydrogens is 290 g/mol. The van der Waals surface area contributed by atoms with Crippen molar-refractivity contribution in [1.29, 1.82) is 0 Å². The summed E-state index contributed by atoms with van der Waals surface area (Å²) in [6, 6.07) is 8.57. The average molecular weight is 315 g/mol. The molecule has 0 bridgehead atoms. The maximum Gasteiger partial charge on any atom is 0.223 e. The summed E-state index contributed by atoms with van der Waals surface area (Å²) in [5.41, 5.74) is 2.83. The van der Waals surface area contributed by atoms with Gasteiger partial charge in [-0.15, -0.1) is 0 Å². The van der Waals surface area contributed by atoms with E-state index in [0.717, 1.165) is 26.1 Å². The van der Waals surface area contributed by atoms with Crippen molar-refractivity contribution >= 4 is 11.8 Å². The molecule has 3 rings (SSSR count). The van der Waals surface area contributed by atoms with Crippen LogP contribution in [0.15, 0.2) is 24.3 Å². The number of hydrogen-bond acceptors (Lipinski definition) is 3. The number of piperazine rings is 1. The lowest BCUT2D eigenvalue weighted by molar-refractivity contribution is -0.138. The van der Waals surface area contributed by atoms with Crippen molar-refractivity contribution in [2.24, 2.45) is 0 Å². The fraction of sp³-hybridized carbons (Fsp3) is 0.556. The SMILES string of the molecule is CC(=O)N1CCN(C(=O)CCN2CCc3ccccc3C2)CC1. The minimum atomic E-state index is 0.101. The van der Waals surface area contributed by atoms with Gasteiger partial charge in [0.1, 0.15) is 0 Å². The highest BCUT2D eigenvalue weighted by Crippen LogP contribution is 2.18. The number of amides is 2. The summed E-state index contributed by atoms with van der Waals surface area (Å²) in [7, 11) is 0. The molecule has 1 saturated heterocycles. The largest absolute Gasteiger partial charge is 0.339 e. The molecule has 5 nitrogen and oxygen atoms in total. The molecule has 2 aliphatic heterocycles. The Labute approximate surface area is 137 Å². The summed E-state index contributed by atoms with van der Waals surface area (Å²) in [4.78, 5) is 29.8. The summed E-state index contributed by atoms with van der Waals surface area (Å²) >= 11 is 0. The van der Waals surface area contributed by atoms with Gasteiger partial charge in [0.15, 0.2) is 0 Å². The molecule has 0 atom stereocenters. The first kappa shape index (κ1) is 16.0. The molecule has 124 valence electrons. The zero-order valence-corrected chi connectivity index (χ0v) is 13.8. The van der Waals surface area contributed by atoms with Gasteiger partial charge in [-0.1, -0.05) is 24.3 Å². The predicted molar refractivity (Wildman–Crippen MR) is 88.9 cm³/mol. The van der Waals surface area contributed by atoms with E-state index in [1.165, 1.54) is 11.1 Å². The monoisotopic (exact) mass is 315 g/mol. The first-order chi connectivity index (χ1) is 11.1. The number of carbonyl (C=O) groups is 2. The Hall–Kier alpha value is -1.88. The molecule has 2 heterocycles. The Morgan fingerprint density at radius 2 is 1.61 bits per heavy atom. The van der Waals surface area contributed by atoms with Crippen molar-refractivity contribution in [3.8, 4) is 0 Å². The molecule has 0 radical (unpaired) electrons. The number of benzene rings is 1. The standard InChI is InChI=1S/C18H25N3O2/c1-15(22)20-10-12-21(13-11-20)18(23)7-9-19-8-6-16-4-2-3-5-17(16)14-19/h2-5H,6-14H2,1H3. The van der Waals surface area contributed by atoms with Gasteiger partial charge in [0, 0.05) is 59.2 Å². The lowest BCUT2D eigenvalue weighted by atomic mass is 10.00. The van der Waals surface area contributed by atoms with Crippen LogP contribution in [0.2, 0.25) is 0 Å². The van der Waals surface area contributed by atoms with E-state index in [0.29, 0.717) is 32.6 Å². The molecule has 0 saturated carbocycles. The third-order valence-electron chi connectivity index (χ3n) is 4.93. The molecule has 0 N–H and O–H groups in total. The van der Waals surface area contributed by atoms with Crippen LogP contribution in [0.1, 0.15) is 24.5 Å². The van der Waals surface area contributed by atoms with E-state index in [-0.39, 0.29) is 11.8 Å². The zero-order valence-electron chi connectivity index (χ0n) is 13.8. The average Bonchev–Trinajstić information content (AvgIpc) is 2.59. The van der Waals surface area contributed by atoms with Crippen molar-refractivity contribution in [1.82, 2.24) is 14.7 Å². The van der Waals surface area contributed by atoms with Crippen molar-refractivity contribution in [3.05, 3.63) is 35.4 Å². The highest BCUT2D eigenvalue weighted by atomic mass is 16.2. The van der Waals surface area contributed by atoms with Crippen LogP contribution in [-0.2, 0) is 22.6 Å². The minimum absolute atomic E-state index is 0.101. The van der Waals surface area contributed by atoms with E-state index < -0.39 is 0 Å². The van der Waals surface area contributed by atoms with Crippen molar-refractivity contribution in [3.63, 3.8) is 0 Å². The van der Waals surface area contributed by atoms with E-state index in [9.17, 15) is 9.59 Å². The molecule has 5 heteroatoms. The van der Waals surface area contributed by atoms with E-state index >= 15 is 0 Å². The Bertz CT molecular complexity index is 579. The van der Waals surface area contributed by atoms with Crippen LogP contribution in [0.25, 0.3) is 0 Å². The van der Waals surface area contributed by atoms with Gasteiger partial charge < -0.3 is 9.80 Å². The molecular formula is C18H25N3O2. The summed E-state index contributed by atoms with van der Waals surface area (Å²) in [6.07, 6.45) is 1.64. The quantitative estimate of drug-likeness (QED) is 0.840. The van der Waals surface area contributed by atoms with E-state index in [2.05, 4.69) is 29.2 Å². The van der Waals surface area contributed by atoms with Crippen molar-refractivity contribution in [2.75, 3.05) is 39.3 Å². The summed E-state index contributed by atoms with van der Waals surface area (Å²) in [5, 5.41) is 0. The van der Waals surface area contributed by atoms with Crippen LogP contribution in [-0.4, -0.2) is 65.8 Å². The Morgan fingerprint density at radius 3 is 2.30 bits per heavy atom. The third-order valence-corrected chi connectivity index (χ3v) is 4.93. The highest BCUT2D eigenvalue weighted by molar-refractivity contribution is 5.77. The fourth-order valence-corrected chi connectivity index (χ4v) is 3.43. The molecule has 0 aromatic heterocycles. The predicted octanol–water partition coefficient (Wildman–Crippen LogP) is 1.13. The number of rotatable bonds is 3. The van der Waals surface area contributed by atoms with Gasteiger partial charge in [0.2, 0.25) is 11.8 Å². The first-order valence-electron chi connectivity index (χ1n) is 8.46. The second kappa shape index (κ2) is 7.13.